The number of aryl methyl sites for hydroxylation is 1. The number of pyridine rings is 1. The van der Waals surface area contributed by atoms with Gasteiger partial charge in [0.05, 0.1) is 11.6 Å². The third kappa shape index (κ3) is 1.55. The molecule has 0 aliphatic heterocycles. The number of hydrogen-bond acceptors (Lipinski definition) is 4. The Morgan fingerprint density at radius 2 is 2.12 bits per heavy atom. The van der Waals surface area contributed by atoms with Crippen LogP contribution in [0.15, 0.2) is 30.9 Å². The molecule has 0 aliphatic carbocycles. The lowest BCUT2D eigenvalue weighted by atomic mass is 10.3. The molecule has 0 saturated heterocycles. The average molecular weight is 246 g/mol. The highest BCUT2D eigenvalue weighted by molar-refractivity contribution is 6.33. The Labute approximate surface area is 102 Å². The van der Waals surface area contributed by atoms with Gasteiger partial charge in [-0.25, -0.2) is 15.0 Å². The van der Waals surface area contributed by atoms with Gasteiger partial charge in [-0.05, 0) is 18.6 Å². The lowest BCUT2D eigenvalue weighted by molar-refractivity contribution is 0.852. The highest BCUT2D eigenvalue weighted by atomic mass is 35.5. The molecule has 0 spiro atoms. The van der Waals surface area contributed by atoms with Crippen molar-refractivity contribution in [1.29, 1.82) is 0 Å². The van der Waals surface area contributed by atoms with Gasteiger partial charge in [-0.15, -0.1) is 0 Å². The third-order valence-electron chi connectivity index (χ3n) is 2.50. The van der Waals surface area contributed by atoms with E-state index in [1.54, 1.807) is 17.1 Å². The lowest BCUT2D eigenvalue weighted by Gasteiger charge is -2.04. The molecule has 3 aromatic heterocycles. The maximum atomic E-state index is 5.97. The van der Waals surface area contributed by atoms with Gasteiger partial charge in [0.2, 0.25) is 0 Å². The first kappa shape index (κ1) is 10.2. The van der Waals surface area contributed by atoms with E-state index in [1.165, 1.54) is 6.33 Å². The Balaban J connectivity index is 2.33. The molecular formula is C11H8ClN5. The standard InChI is InChI=1S/C11H8ClN5/c1-7-3-2-4-13-10(7)17-11-8(5-16-17)9(12)14-6-15-11/h2-6H,1H3. The molecule has 5 nitrogen and oxygen atoms in total. The molecular weight excluding hydrogens is 238 g/mol. The van der Waals surface area contributed by atoms with Crippen LogP contribution in [-0.2, 0) is 0 Å². The first-order valence-electron chi connectivity index (χ1n) is 5.03. The fourth-order valence-corrected chi connectivity index (χ4v) is 1.85. The second-order valence-electron chi connectivity index (χ2n) is 3.60. The minimum absolute atomic E-state index is 0.398. The van der Waals surface area contributed by atoms with Gasteiger partial charge in [0.25, 0.3) is 0 Å². The predicted octanol–water partition coefficient (Wildman–Crippen LogP) is 2.17. The van der Waals surface area contributed by atoms with Gasteiger partial charge >= 0.3 is 0 Å². The van der Waals surface area contributed by atoms with Crippen molar-refractivity contribution in [2.24, 2.45) is 0 Å². The molecule has 0 aliphatic rings. The number of rotatable bonds is 1. The SMILES string of the molecule is Cc1cccnc1-n1ncc2c(Cl)ncnc21. The number of nitrogens with zero attached hydrogens (tertiary/aromatic N) is 5. The molecule has 0 aromatic carbocycles. The Hall–Kier alpha value is -2.01. The van der Waals surface area contributed by atoms with Gasteiger partial charge < -0.3 is 0 Å². The summed E-state index contributed by atoms with van der Waals surface area (Å²) in [7, 11) is 0. The molecule has 0 radical (unpaired) electrons. The largest absolute Gasteiger partial charge is 0.237 e. The number of hydrogen-bond donors (Lipinski definition) is 0. The summed E-state index contributed by atoms with van der Waals surface area (Å²) in [5.41, 5.74) is 1.68. The smallest absolute Gasteiger partial charge is 0.169 e. The molecule has 0 N–H and O–H groups in total. The molecule has 0 fully saturated rings. The monoisotopic (exact) mass is 245 g/mol. The maximum absolute atomic E-state index is 5.97. The van der Waals surface area contributed by atoms with Gasteiger partial charge in [-0.1, -0.05) is 17.7 Å². The quantitative estimate of drug-likeness (QED) is 0.617. The lowest BCUT2D eigenvalue weighted by Crippen LogP contribution is -2.02. The second kappa shape index (κ2) is 3.78. The van der Waals surface area contributed by atoms with E-state index in [4.69, 9.17) is 11.6 Å². The van der Waals surface area contributed by atoms with E-state index < -0.39 is 0 Å². The van der Waals surface area contributed by atoms with Crippen molar-refractivity contribution in [2.75, 3.05) is 0 Å². The fourth-order valence-electron chi connectivity index (χ4n) is 1.67. The first-order valence-corrected chi connectivity index (χ1v) is 5.41. The number of halogens is 1. The summed E-state index contributed by atoms with van der Waals surface area (Å²) in [5, 5.41) is 5.37. The van der Waals surface area contributed by atoms with Crippen molar-refractivity contribution < 1.29 is 0 Å². The van der Waals surface area contributed by atoms with Gasteiger partial charge in [-0.3, -0.25) is 0 Å². The molecule has 0 unspecified atom stereocenters. The second-order valence-corrected chi connectivity index (χ2v) is 3.96. The minimum atomic E-state index is 0.398. The van der Waals surface area contributed by atoms with Crippen molar-refractivity contribution in [1.82, 2.24) is 24.7 Å². The van der Waals surface area contributed by atoms with E-state index in [-0.39, 0.29) is 0 Å². The van der Waals surface area contributed by atoms with Gasteiger partial charge in [0.1, 0.15) is 11.5 Å². The Morgan fingerprint density at radius 1 is 1.24 bits per heavy atom. The molecule has 0 saturated carbocycles. The zero-order valence-electron chi connectivity index (χ0n) is 9.00. The summed E-state index contributed by atoms with van der Waals surface area (Å²) in [6, 6.07) is 3.85. The summed E-state index contributed by atoms with van der Waals surface area (Å²) in [6.45, 7) is 1.97. The molecule has 3 rings (SSSR count). The van der Waals surface area contributed by atoms with Crippen LogP contribution in [0.2, 0.25) is 5.15 Å². The van der Waals surface area contributed by atoms with Crippen LogP contribution in [0.3, 0.4) is 0 Å². The third-order valence-corrected chi connectivity index (χ3v) is 2.80. The van der Waals surface area contributed by atoms with Crippen LogP contribution >= 0.6 is 11.6 Å². The van der Waals surface area contributed by atoms with E-state index in [1.807, 2.05) is 19.1 Å². The maximum Gasteiger partial charge on any atom is 0.169 e. The summed E-state index contributed by atoms with van der Waals surface area (Å²) < 4.78 is 1.66. The minimum Gasteiger partial charge on any atom is -0.237 e. The van der Waals surface area contributed by atoms with Gasteiger partial charge in [0, 0.05) is 6.20 Å². The molecule has 0 amide bonds. The highest BCUT2D eigenvalue weighted by Crippen LogP contribution is 2.21. The molecule has 0 atom stereocenters. The Kier molecular flexibility index (Phi) is 2.26. The topological polar surface area (TPSA) is 56.5 Å². The Morgan fingerprint density at radius 3 is 2.94 bits per heavy atom. The Bertz CT molecular complexity index is 691. The van der Waals surface area contributed by atoms with Crippen LogP contribution in [0.5, 0.6) is 0 Å². The van der Waals surface area contributed by atoms with Crippen LogP contribution in [0.1, 0.15) is 5.56 Å². The van der Waals surface area contributed by atoms with Crippen LogP contribution < -0.4 is 0 Å². The van der Waals surface area contributed by atoms with E-state index in [9.17, 15) is 0 Å². The van der Waals surface area contributed by atoms with Crippen LogP contribution in [-0.4, -0.2) is 24.7 Å². The predicted molar refractivity (Wildman–Crippen MR) is 64.2 cm³/mol. The van der Waals surface area contributed by atoms with Crippen molar-refractivity contribution in [3.05, 3.63) is 41.6 Å². The zero-order chi connectivity index (χ0) is 11.8. The van der Waals surface area contributed by atoms with E-state index >= 15 is 0 Å². The summed E-state index contributed by atoms with van der Waals surface area (Å²) in [5.74, 6) is 0.747. The van der Waals surface area contributed by atoms with Crippen LogP contribution in [0, 0.1) is 6.92 Å². The fraction of sp³-hybridized carbons (Fsp3) is 0.0909. The first-order chi connectivity index (χ1) is 8.27. The van der Waals surface area contributed by atoms with Crippen molar-refractivity contribution >= 4 is 22.6 Å². The summed E-state index contributed by atoms with van der Waals surface area (Å²) in [4.78, 5) is 12.4. The zero-order valence-corrected chi connectivity index (χ0v) is 9.76. The average Bonchev–Trinajstić information content (AvgIpc) is 2.75. The van der Waals surface area contributed by atoms with Crippen molar-refractivity contribution in [3.8, 4) is 5.82 Å². The molecule has 0 bridgehead atoms. The number of aromatic nitrogens is 5. The van der Waals surface area contributed by atoms with Crippen LogP contribution in [0.25, 0.3) is 16.9 Å². The van der Waals surface area contributed by atoms with Gasteiger partial charge in [0.15, 0.2) is 11.5 Å². The van der Waals surface area contributed by atoms with Crippen LogP contribution in [0.4, 0.5) is 0 Å². The van der Waals surface area contributed by atoms with Gasteiger partial charge in [-0.2, -0.15) is 9.78 Å². The highest BCUT2D eigenvalue weighted by Gasteiger charge is 2.11. The summed E-state index contributed by atoms with van der Waals surface area (Å²) >= 11 is 5.97. The van der Waals surface area contributed by atoms with Crippen molar-refractivity contribution in [3.63, 3.8) is 0 Å². The summed E-state index contributed by atoms with van der Waals surface area (Å²) in [6.07, 6.45) is 4.78. The molecule has 3 heterocycles. The van der Waals surface area contributed by atoms with Crippen molar-refractivity contribution in [2.45, 2.75) is 6.92 Å². The number of fused-ring (bicyclic) bond motifs is 1. The normalized spacial score (nSPS) is 10.9. The van der Waals surface area contributed by atoms with E-state index in [0.717, 1.165) is 16.8 Å². The molecule has 17 heavy (non-hydrogen) atoms. The molecule has 3 aromatic rings. The molecule has 6 heteroatoms. The van der Waals surface area contributed by atoms with E-state index in [0.29, 0.717) is 10.8 Å². The molecule has 84 valence electrons. The van der Waals surface area contributed by atoms with E-state index in [2.05, 4.69) is 20.1 Å².